The van der Waals surface area contributed by atoms with Gasteiger partial charge in [-0.2, -0.15) is 4.31 Å². The molecular weight excluding hydrogens is 617 g/mol. The molecule has 4 atom stereocenters. The molecule has 3 aromatic rings. The van der Waals surface area contributed by atoms with Gasteiger partial charge in [0.1, 0.15) is 9.96 Å². The summed E-state index contributed by atoms with van der Waals surface area (Å²) >= 11 is 1.16. The number of fused-ring (bicyclic) bond motifs is 1. The Bertz CT molecular complexity index is 1520. The molecule has 45 heavy (non-hydrogen) atoms. The Morgan fingerprint density at radius 2 is 1.96 bits per heavy atom. The average Bonchev–Trinajstić information content (AvgIpc) is 3.59. The second-order valence-electron chi connectivity index (χ2n) is 11.4. The van der Waals surface area contributed by atoms with Crippen LogP contribution in [0.1, 0.15) is 60.7 Å². The number of pyridine rings is 1. The van der Waals surface area contributed by atoms with E-state index in [9.17, 15) is 23.1 Å². The zero-order valence-electron chi connectivity index (χ0n) is 26.1. The molecule has 3 heterocycles. The number of ether oxygens (including phenoxy) is 2. The number of likely N-dealkylation sites (N-methyl/N-ethyl adjacent to an activating group) is 1. The molecule has 11 nitrogen and oxygen atoms in total. The van der Waals surface area contributed by atoms with Crippen LogP contribution in [0.4, 0.5) is 5.69 Å². The van der Waals surface area contributed by atoms with Gasteiger partial charge in [-0.25, -0.2) is 8.42 Å². The van der Waals surface area contributed by atoms with Crippen molar-refractivity contribution in [2.24, 2.45) is 5.92 Å². The van der Waals surface area contributed by atoms with Gasteiger partial charge in [0.05, 0.1) is 30.4 Å². The van der Waals surface area contributed by atoms with E-state index in [2.05, 4.69) is 10.3 Å². The fourth-order valence-electron chi connectivity index (χ4n) is 5.08. The van der Waals surface area contributed by atoms with Gasteiger partial charge in [0.25, 0.3) is 21.8 Å². The number of aliphatic hydroxyl groups excluding tert-OH is 1. The number of carbonyl (C=O) groups is 2. The van der Waals surface area contributed by atoms with Gasteiger partial charge >= 0.3 is 0 Å². The molecule has 1 aromatic carbocycles. The number of aromatic nitrogens is 1. The lowest BCUT2D eigenvalue weighted by atomic mass is 10.0. The van der Waals surface area contributed by atoms with E-state index < -0.39 is 22.2 Å². The van der Waals surface area contributed by atoms with Gasteiger partial charge < -0.3 is 24.8 Å². The van der Waals surface area contributed by atoms with Crippen molar-refractivity contribution in [3.8, 4) is 5.75 Å². The first-order valence-electron chi connectivity index (χ1n) is 15.1. The molecule has 0 bridgehead atoms. The molecule has 4 rings (SSSR count). The number of amides is 2. The first kappa shape index (κ1) is 34.5. The Labute approximate surface area is 269 Å². The fourth-order valence-corrected chi connectivity index (χ4v) is 7.47. The molecule has 13 heteroatoms. The highest BCUT2D eigenvalue weighted by atomic mass is 32.2. The van der Waals surface area contributed by atoms with Crippen LogP contribution in [0.3, 0.4) is 0 Å². The summed E-state index contributed by atoms with van der Waals surface area (Å²) < 4.78 is 40.5. The van der Waals surface area contributed by atoms with E-state index in [0.29, 0.717) is 30.0 Å². The summed E-state index contributed by atoms with van der Waals surface area (Å²) in [5.74, 6) is -0.662. The zero-order chi connectivity index (χ0) is 32.6. The van der Waals surface area contributed by atoms with E-state index >= 15 is 0 Å². The number of sulfonamides is 1. The normalized spacial score (nSPS) is 21.0. The Kier molecular flexibility index (Phi) is 12.1. The third-order valence-electron chi connectivity index (χ3n) is 7.85. The molecule has 2 aromatic heterocycles. The molecule has 0 aliphatic carbocycles. The molecule has 0 radical (unpaired) electrons. The highest BCUT2D eigenvalue weighted by Crippen LogP contribution is 2.29. The number of anilines is 1. The number of carbonyl (C=O) groups excluding carboxylic acids is 2. The van der Waals surface area contributed by atoms with Gasteiger partial charge in [-0.05, 0) is 74.9 Å². The van der Waals surface area contributed by atoms with Gasteiger partial charge in [0, 0.05) is 56.3 Å². The van der Waals surface area contributed by atoms with Crippen molar-refractivity contribution in [1.29, 1.82) is 0 Å². The van der Waals surface area contributed by atoms with Crippen molar-refractivity contribution >= 4 is 38.9 Å². The summed E-state index contributed by atoms with van der Waals surface area (Å²) in [6, 6.07) is 10.9. The maximum Gasteiger partial charge on any atom is 0.258 e. The first-order valence-corrected chi connectivity index (χ1v) is 17.4. The topological polar surface area (TPSA) is 138 Å². The number of nitrogens with zero attached hydrogens (tertiary/aromatic N) is 3. The number of aliphatic hydroxyl groups is 1. The van der Waals surface area contributed by atoms with Crippen LogP contribution >= 0.6 is 11.3 Å². The van der Waals surface area contributed by atoms with Crippen LogP contribution in [0.25, 0.3) is 0 Å². The fraction of sp³-hybridized carbons (Fsp3) is 0.469. The first-order chi connectivity index (χ1) is 21.5. The lowest BCUT2D eigenvalue weighted by Crippen LogP contribution is -2.48. The van der Waals surface area contributed by atoms with Crippen molar-refractivity contribution in [1.82, 2.24) is 14.2 Å². The third-order valence-corrected chi connectivity index (χ3v) is 11.0. The van der Waals surface area contributed by atoms with Crippen molar-refractivity contribution in [2.45, 2.75) is 62.5 Å². The largest absolute Gasteiger partial charge is 0.490 e. The van der Waals surface area contributed by atoms with E-state index in [4.69, 9.17) is 9.47 Å². The van der Waals surface area contributed by atoms with Gasteiger partial charge in [-0.15, -0.1) is 11.3 Å². The van der Waals surface area contributed by atoms with Crippen LogP contribution in [0.2, 0.25) is 0 Å². The molecule has 0 saturated carbocycles. The maximum atomic E-state index is 14.3. The van der Waals surface area contributed by atoms with E-state index in [0.717, 1.165) is 24.2 Å². The second-order valence-corrected chi connectivity index (χ2v) is 14.6. The van der Waals surface area contributed by atoms with Crippen molar-refractivity contribution < 1.29 is 32.6 Å². The Hall–Kier alpha value is -3.36. The minimum Gasteiger partial charge on any atom is -0.490 e. The summed E-state index contributed by atoms with van der Waals surface area (Å²) in [6.45, 7) is 6.01. The predicted octanol–water partition coefficient (Wildman–Crippen LogP) is 4.51. The van der Waals surface area contributed by atoms with E-state index in [1.54, 1.807) is 59.7 Å². The third kappa shape index (κ3) is 8.88. The van der Waals surface area contributed by atoms with Crippen LogP contribution in [0.5, 0.6) is 5.75 Å². The molecule has 0 saturated heterocycles. The molecule has 1 aliphatic heterocycles. The monoisotopic (exact) mass is 658 g/mol. The number of hydrogen-bond donors (Lipinski definition) is 2. The smallest absolute Gasteiger partial charge is 0.258 e. The number of benzene rings is 1. The van der Waals surface area contributed by atoms with Gasteiger partial charge in [0.2, 0.25) is 0 Å². The molecule has 0 unspecified atom stereocenters. The number of nitrogens with one attached hydrogen (secondary N) is 1. The maximum absolute atomic E-state index is 14.3. The number of thiophene rings is 1. The SMILES string of the molecule is C[C@@H]1CN([C@@H](C)CO)C(=O)c2cc(NC(=O)c3ccncc3)ccc2O[C@@H](C)CCCCO[C@H]1CN(C)S(=O)(=O)c1cccs1. The van der Waals surface area contributed by atoms with Crippen LogP contribution in [-0.4, -0.2) is 91.1 Å². The molecule has 244 valence electrons. The van der Waals surface area contributed by atoms with Crippen molar-refractivity contribution in [2.75, 3.05) is 38.7 Å². The minimum absolute atomic E-state index is 0.0955. The number of hydrogen-bond acceptors (Lipinski definition) is 9. The molecule has 2 N–H and O–H groups in total. The Morgan fingerprint density at radius 1 is 1.20 bits per heavy atom. The second kappa shape index (κ2) is 15.8. The van der Waals surface area contributed by atoms with Crippen molar-refractivity contribution in [3.63, 3.8) is 0 Å². The quantitative estimate of drug-likeness (QED) is 0.361. The highest BCUT2D eigenvalue weighted by Gasteiger charge is 2.32. The van der Waals surface area contributed by atoms with E-state index in [1.807, 2.05) is 13.8 Å². The van der Waals surface area contributed by atoms with Crippen LogP contribution in [0, 0.1) is 5.92 Å². The molecule has 2 amide bonds. The lowest BCUT2D eigenvalue weighted by molar-refractivity contribution is -0.00832. The Morgan fingerprint density at radius 3 is 2.64 bits per heavy atom. The van der Waals surface area contributed by atoms with E-state index in [1.165, 1.54) is 23.7 Å². The number of rotatable bonds is 8. The van der Waals surface area contributed by atoms with Crippen LogP contribution in [0.15, 0.2) is 64.4 Å². The summed E-state index contributed by atoms with van der Waals surface area (Å²) in [5.41, 5.74) is 1.07. The molecule has 0 fully saturated rings. The summed E-state index contributed by atoms with van der Waals surface area (Å²) in [7, 11) is -2.18. The van der Waals surface area contributed by atoms with Crippen LogP contribution in [-0.2, 0) is 14.8 Å². The average molecular weight is 659 g/mol. The van der Waals surface area contributed by atoms with Crippen LogP contribution < -0.4 is 10.1 Å². The summed E-state index contributed by atoms with van der Waals surface area (Å²) in [4.78, 5) is 32.7. The van der Waals surface area contributed by atoms with Gasteiger partial charge in [-0.3, -0.25) is 14.6 Å². The highest BCUT2D eigenvalue weighted by molar-refractivity contribution is 7.91. The van der Waals surface area contributed by atoms with Crippen molar-refractivity contribution in [3.05, 3.63) is 71.4 Å². The molecule has 1 aliphatic rings. The molecule has 0 spiro atoms. The zero-order valence-corrected chi connectivity index (χ0v) is 27.7. The van der Waals surface area contributed by atoms with Gasteiger partial charge in [0.15, 0.2) is 0 Å². The minimum atomic E-state index is -3.71. The standard InChI is InChI=1S/C32H42N4O7S2/c1-22-19-36(23(2)21-37)32(39)27-18-26(34-31(38)25-12-14-33-15-13-25)10-11-28(27)43-24(3)8-5-6-16-42-29(22)20-35(4)45(40,41)30-9-7-17-44-30/h7,9-15,17-18,22-24,29,37H,5-6,8,16,19-21H2,1-4H3,(H,34,38)/t22-,23+,24+,29+/m1/s1. The Balaban J connectivity index is 1.65. The molecular formula is C32H42N4O7S2. The predicted molar refractivity (Wildman–Crippen MR) is 173 cm³/mol. The summed E-state index contributed by atoms with van der Waals surface area (Å²) in [5, 5.41) is 14.7. The lowest BCUT2D eigenvalue weighted by Gasteiger charge is -2.35. The van der Waals surface area contributed by atoms with Gasteiger partial charge in [-0.1, -0.05) is 13.0 Å². The summed E-state index contributed by atoms with van der Waals surface area (Å²) in [6.07, 6.45) is 4.59. The van der Waals surface area contributed by atoms with E-state index in [-0.39, 0.29) is 53.3 Å².